The third-order valence-corrected chi connectivity index (χ3v) is 2.91. The molecule has 6 heteroatoms. The van der Waals surface area contributed by atoms with Crippen LogP contribution in [-0.2, 0) is 0 Å². The molecule has 0 saturated carbocycles. The molecule has 0 bridgehead atoms. The van der Waals surface area contributed by atoms with Crippen LogP contribution in [0.2, 0.25) is 10.0 Å². The second-order valence-corrected chi connectivity index (χ2v) is 4.91. The number of carbonyl (C=O) groups excluding carboxylic acids is 1. The van der Waals surface area contributed by atoms with Crippen LogP contribution in [0, 0.1) is 0 Å². The minimum Gasteiger partial charge on any atom is -0.285 e. The average Bonchev–Trinajstić information content (AvgIpc) is 2.77. The second-order valence-electron chi connectivity index (χ2n) is 4.07. The van der Waals surface area contributed by atoms with E-state index in [1.54, 1.807) is 16.9 Å². The summed E-state index contributed by atoms with van der Waals surface area (Å²) in [6.07, 6.45) is 2.98. The highest BCUT2D eigenvalue weighted by atomic mass is 35.5. The van der Waals surface area contributed by atoms with Crippen LogP contribution in [-0.4, -0.2) is 20.5 Å². The zero-order chi connectivity index (χ0) is 13.3. The Bertz CT molecular complexity index is 593. The Labute approximate surface area is 115 Å². The van der Waals surface area contributed by atoms with Gasteiger partial charge in [0.05, 0.1) is 10.0 Å². The molecule has 94 valence electrons. The van der Waals surface area contributed by atoms with E-state index >= 15 is 0 Å². The summed E-state index contributed by atoms with van der Waals surface area (Å²) in [6, 6.07) is 3.24. The SMILES string of the molecule is CC(C)n1nccc1C(=O)c1ncc(Cl)cc1Cl. The van der Waals surface area contributed by atoms with Gasteiger partial charge in [0.15, 0.2) is 0 Å². The van der Waals surface area contributed by atoms with Crippen molar-refractivity contribution in [1.29, 1.82) is 0 Å². The van der Waals surface area contributed by atoms with Crippen LogP contribution in [0.5, 0.6) is 0 Å². The predicted molar refractivity (Wildman–Crippen MR) is 70.3 cm³/mol. The molecule has 2 heterocycles. The topological polar surface area (TPSA) is 47.8 Å². The van der Waals surface area contributed by atoms with Gasteiger partial charge in [-0.05, 0) is 26.0 Å². The monoisotopic (exact) mass is 283 g/mol. The fourth-order valence-corrected chi connectivity index (χ4v) is 2.07. The van der Waals surface area contributed by atoms with Crippen molar-refractivity contribution in [2.24, 2.45) is 0 Å². The van der Waals surface area contributed by atoms with Gasteiger partial charge in [-0.2, -0.15) is 5.10 Å². The molecule has 2 aromatic rings. The summed E-state index contributed by atoms with van der Waals surface area (Å²) in [7, 11) is 0. The highest BCUT2D eigenvalue weighted by Crippen LogP contribution is 2.21. The Balaban J connectivity index is 2.45. The minimum atomic E-state index is -0.261. The maximum Gasteiger partial charge on any atom is 0.230 e. The maximum atomic E-state index is 12.3. The Hall–Kier alpha value is -1.39. The van der Waals surface area contributed by atoms with Gasteiger partial charge >= 0.3 is 0 Å². The molecule has 4 nitrogen and oxygen atoms in total. The Morgan fingerprint density at radius 3 is 2.72 bits per heavy atom. The Morgan fingerprint density at radius 1 is 1.39 bits per heavy atom. The maximum absolute atomic E-state index is 12.3. The van der Waals surface area contributed by atoms with Gasteiger partial charge in [0.2, 0.25) is 5.78 Å². The first-order valence-electron chi connectivity index (χ1n) is 5.40. The number of aromatic nitrogens is 3. The van der Waals surface area contributed by atoms with E-state index in [1.165, 1.54) is 12.3 Å². The second kappa shape index (κ2) is 5.08. The molecule has 0 fully saturated rings. The number of halogens is 2. The zero-order valence-corrected chi connectivity index (χ0v) is 11.4. The Kier molecular flexibility index (Phi) is 3.68. The van der Waals surface area contributed by atoms with Gasteiger partial charge in [0.25, 0.3) is 0 Å². The fraction of sp³-hybridized carbons (Fsp3) is 0.250. The standard InChI is InChI=1S/C12H11Cl2N3O/c1-7(2)17-10(3-4-16-17)12(18)11-9(14)5-8(13)6-15-11/h3-7H,1-2H3. The van der Waals surface area contributed by atoms with Crippen LogP contribution < -0.4 is 0 Å². The normalized spacial score (nSPS) is 10.9. The molecular weight excluding hydrogens is 273 g/mol. The van der Waals surface area contributed by atoms with Gasteiger partial charge in [-0.3, -0.25) is 9.48 Å². The van der Waals surface area contributed by atoms with Gasteiger partial charge in [0.1, 0.15) is 11.4 Å². The molecule has 0 radical (unpaired) electrons. The molecule has 0 aromatic carbocycles. The number of nitrogens with zero attached hydrogens (tertiary/aromatic N) is 3. The number of hydrogen-bond acceptors (Lipinski definition) is 3. The lowest BCUT2D eigenvalue weighted by Gasteiger charge is -2.10. The molecule has 0 unspecified atom stereocenters. The predicted octanol–water partition coefficient (Wildman–Crippen LogP) is 3.40. The number of pyridine rings is 1. The van der Waals surface area contributed by atoms with Gasteiger partial charge < -0.3 is 0 Å². The first-order chi connectivity index (χ1) is 8.50. The molecule has 0 aliphatic heterocycles. The average molecular weight is 284 g/mol. The molecule has 18 heavy (non-hydrogen) atoms. The third kappa shape index (κ3) is 2.40. The van der Waals surface area contributed by atoms with Gasteiger partial charge in [-0.25, -0.2) is 4.98 Å². The summed E-state index contributed by atoms with van der Waals surface area (Å²) in [6.45, 7) is 3.89. The van der Waals surface area contributed by atoms with Crippen LogP contribution in [0.1, 0.15) is 36.1 Å². The summed E-state index contributed by atoms with van der Waals surface area (Å²) in [5, 5.41) is 4.75. The molecule has 0 amide bonds. The molecule has 0 spiro atoms. The van der Waals surface area contributed by atoms with Crippen LogP contribution >= 0.6 is 23.2 Å². The van der Waals surface area contributed by atoms with E-state index in [2.05, 4.69) is 10.1 Å². The van der Waals surface area contributed by atoms with Crippen molar-refractivity contribution in [3.8, 4) is 0 Å². The summed E-state index contributed by atoms with van der Waals surface area (Å²) in [5.41, 5.74) is 0.644. The zero-order valence-electron chi connectivity index (χ0n) is 9.89. The van der Waals surface area contributed by atoms with Crippen molar-refractivity contribution in [2.45, 2.75) is 19.9 Å². The van der Waals surface area contributed by atoms with Crippen molar-refractivity contribution in [3.63, 3.8) is 0 Å². The summed E-state index contributed by atoms with van der Waals surface area (Å²) in [5.74, 6) is -0.261. The lowest BCUT2D eigenvalue weighted by atomic mass is 10.2. The van der Waals surface area contributed by atoms with E-state index < -0.39 is 0 Å². The molecule has 0 N–H and O–H groups in total. The minimum absolute atomic E-state index is 0.0880. The summed E-state index contributed by atoms with van der Waals surface area (Å²) >= 11 is 11.7. The van der Waals surface area contributed by atoms with Gasteiger partial charge in [-0.15, -0.1) is 0 Å². The number of ketones is 1. The van der Waals surface area contributed by atoms with Crippen molar-refractivity contribution >= 4 is 29.0 Å². The number of hydrogen-bond donors (Lipinski definition) is 0. The van der Waals surface area contributed by atoms with E-state index in [9.17, 15) is 4.79 Å². The number of carbonyl (C=O) groups is 1. The van der Waals surface area contributed by atoms with Crippen LogP contribution in [0.25, 0.3) is 0 Å². The first-order valence-corrected chi connectivity index (χ1v) is 6.15. The van der Waals surface area contributed by atoms with Crippen molar-refractivity contribution < 1.29 is 4.79 Å². The first kappa shape index (κ1) is 13.1. The van der Waals surface area contributed by atoms with Crippen LogP contribution in [0.15, 0.2) is 24.5 Å². The van der Waals surface area contributed by atoms with E-state index in [0.717, 1.165) is 0 Å². The number of rotatable bonds is 3. The molecule has 0 aliphatic rings. The summed E-state index contributed by atoms with van der Waals surface area (Å²) in [4.78, 5) is 16.3. The highest BCUT2D eigenvalue weighted by Gasteiger charge is 2.19. The lowest BCUT2D eigenvalue weighted by Crippen LogP contribution is -2.14. The van der Waals surface area contributed by atoms with E-state index in [-0.39, 0.29) is 22.5 Å². The van der Waals surface area contributed by atoms with Crippen molar-refractivity contribution in [1.82, 2.24) is 14.8 Å². The van der Waals surface area contributed by atoms with Crippen molar-refractivity contribution in [2.75, 3.05) is 0 Å². The molecule has 2 rings (SSSR count). The smallest absolute Gasteiger partial charge is 0.230 e. The largest absolute Gasteiger partial charge is 0.285 e. The molecule has 2 aromatic heterocycles. The molecular formula is C12H11Cl2N3O. The molecule has 0 aliphatic carbocycles. The van der Waals surface area contributed by atoms with Gasteiger partial charge in [-0.1, -0.05) is 23.2 Å². The molecule has 0 atom stereocenters. The third-order valence-electron chi connectivity index (χ3n) is 2.41. The van der Waals surface area contributed by atoms with E-state index in [1.807, 2.05) is 13.8 Å². The highest BCUT2D eigenvalue weighted by molar-refractivity contribution is 6.37. The van der Waals surface area contributed by atoms with Crippen molar-refractivity contribution in [3.05, 3.63) is 46.0 Å². The van der Waals surface area contributed by atoms with Crippen LogP contribution in [0.4, 0.5) is 0 Å². The van der Waals surface area contributed by atoms with E-state index in [4.69, 9.17) is 23.2 Å². The Morgan fingerprint density at radius 2 is 2.11 bits per heavy atom. The van der Waals surface area contributed by atoms with Gasteiger partial charge in [0, 0.05) is 18.4 Å². The summed E-state index contributed by atoms with van der Waals surface area (Å²) < 4.78 is 1.63. The quantitative estimate of drug-likeness (QED) is 0.811. The van der Waals surface area contributed by atoms with E-state index in [0.29, 0.717) is 10.7 Å². The fourth-order valence-electron chi connectivity index (χ4n) is 1.61. The van der Waals surface area contributed by atoms with Crippen LogP contribution in [0.3, 0.4) is 0 Å². The molecule has 0 saturated heterocycles. The lowest BCUT2D eigenvalue weighted by molar-refractivity contribution is 0.102.